The normalized spacial score (nSPS) is 11.7. The standard InChI is InChI=1S/C15H15F3N2O/c1-9-11(7-8-21)10(2)20-14(19-9)12-5-3-4-6-13(12)15(16,17)18/h3-6,21H,7-8H2,1-2H3. The van der Waals surface area contributed by atoms with E-state index in [9.17, 15) is 13.2 Å². The predicted octanol–water partition coefficient (Wildman–Crippen LogP) is 3.31. The van der Waals surface area contributed by atoms with E-state index in [2.05, 4.69) is 9.97 Å². The molecule has 0 spiro atoms. The smallest absolute Gasteiger partial charge is 0.396 e. The fourth-order valence-corrected chi connectivity index (χ4v) is 2.26. The number of aryl methyl sites for hydroxylation is 2. The van der Waals surface area contributed by atoms with Crippen molar-refractivity contribution in [3.05, 3.63) is 46.8 Å². The molecule has 0 radical (unpaired) electrons. The van der Waals surface area contributed by atoms with Crippen molar-refractivity contribution in [2.75, 3.05) is 6.61 Å². The zero-order chi connectivity index (χ0) is 15.6. The van der Waals surface area contributed by atoms with Gasteiger partial charge >= 0.3 is 6.18 Å². The van der Waals surface area contributed by atoms with Crippen molar-refractivity contribution >= 4 is 0 Å². The molecule has 0 fully saturated rings. The molecule has 0 saturated carbocycles. The van der Waals surface area contributed by atoms with Crippen LogP contribution in [-0.2, 0) is 12.6 Å². The van der Waals surface area contributed by atoms with Gasteiger partial charge in [-0.1, -0.05) is 18.2 Å². The molecule has 1 aromatic carbocycles. The third-order valence-corrected chi connectivity index (χ3v) is 3.26. The fraction of sp³-hybridized carbons (Fsp3) is 0.333. The van der Waals surface area contributed by atoms with E-state index in [1.807, 2.05) is 0 Å². The summed E-state index contributed by atoms with van der Waals surface area (Å²) in [6.45, 7) is 3.36. The number of aliphatic hydroxyl groups excluding tert-OH is 1. The van der Waals surface area contributed by atoms with Crippen molar-refractivity contribution < 1.29 is 18.3 Å². The molecule has 0 aliphatic heterocycles. The zero-order valence-corrected chi connectivity index (χ0v) is 11.7. The van der Waals surface area contributed by atoms with Crippen LogP contribution >= 0.6 is 0 Å². The second-order valence-electron chi connectivity index (χ2n) is 4.71. The van der Waals surface area contributed by atoms with E-state index in [1.165, 1.54) is 18.2 Å². The van der Waals surface area contributed by atoms with Gasteiger partial charge in [-0.25, -0.2) is 9.97 Å². The maximum atomic E-state index is 13.0. The van der Waals surface area contributed by atoms with E-state index in [0.717, 1.165) is 11.6 Å². The van der Waals surface area contributed by atoms with E-state index >= 15 is 0 Å². The Kier molecular flexibility index (Phi) is 4.27. The van der Waals surface area contributed by atoms with Crippen molar-refractivity contribution in [1.82, 2.24) is 9.97 Å². The summed E-state index contributed by atoms with van der Waals surface area (Å²) in [6.07, 6.45) is -4.07. The van der Waals surface area contributed by atoms with Crippen LogP contribution in [0.1, 0.15) is 22.5 Å². The molecule has 3 nitrogen and oxygen atoms in total. The first-order valence-corrected chi connectivity index (χ1v) is 6.46. The third-order valence-electron chi connectivity index (χ3n) is 3.26. The van der Waals surface area contributed by atoms with Crippen LogP contribution in [0.2, 0.25) is 0 Å². The second kappa shape index (κ2) is 5.81. The molecule has 1 heterocycles. The van der Waals surface area contributed by atoms with Gasteiger partial charge in [0.1, 0.15) is 0 Å². The van der Waals surface area contributed by atoms with Gasteiger partial charge < -0.3 is 5.11 Å². The van der Waals surface area contributed by atoms with Crippen LogP contribution in [0.3, 0.4) is 0 Å². The molecule has 1 aromatic heterocycles. The van der Waals surface area contributed by atoms with Crippen LogP contribution < -0.4 is 0 Å². The highest BCUT2D eigenvalue weighted by molar-refractivity contribution is 5.61. The minimum Gasteiger partial charge on any atom is -0.396 e. The lowest BCUT2D eigenvalue weighted by molar-refractivity contribution is -0.137. The number of aliphatic hydroxyl groups is 1. The molecule has 0 bridgehead atoms. The topological polar surface area (TPSA) is 46.0 Å². The molecule has 0 aliphatic rings. The third kappa shape index (κ3) is 3.21. The van der Waals surface area contributed by atoms with Crippen molar-refractivity contribution in [2.24, 2.45) is 0 Å². The van der Waals surface area contributed by atoms with E-state index < -0.39 is 11.7 Å². The Morgan fingerprint density at radius 2 is 1.62 bits per heavy atom. The molecule has 112 valence electrons. The number of hydrogen-bond acceptors (Lipinski definition) is 3. The minimum atomic E-state index is -4.45. The van der Waals surface area contributed by atoms with Gasteiger partial charge in [-0.3, -0.25) is 0 Å². The van der Waals surface area contributed by atoms with Crippen LogP contribution in [0.25, 0.3) is 11.4 Å². The number of alkyl halides is 3. The van der Waals surface area contributed by atoms with Gasteiger partial charge in [0.25, 0.3) is 0 Å². The molecule has 0 unspecified atom stereocenters. The summed E-state index contributed by atoms with van der Waals surface area (Å²) in [5, 5.41) is 9.00. The summed E-state index contributed by atoms with van der Waals surface area (Å²) in [7, 11) is 0. The molecular weight excluding hydrogens is 281 g/mol. The average Bonchev–Trinajstić information content (AvgIpc) is 2.42. The van der Waals surface area contributed by atoms with E-state index in [1.54, 1.807) is 13.8 Å². The molecule has 0 amide bonds. The van der Waals surface area contributed by atoms with Crippen LogP contribution in [0, 0.1) is 13.8 Å². The van der Waals surface area contributed by atoms with Crippen LogP contribution in [-0.4, -0.2) is 21.7 Å². The SMILES string of the molecule is Cc1nc(-c2ccccc2C(F)(F)F)nc(C)c1CCO. The summed E-state index contributed by atoms with van der Waals surface area (Å²) in [5.41, 5.74) is 1.16. The number of hydrogen-bond donors (Lipinski definition) is 1. The Balaban J connectivity index is 2.59. The predicted molar refractivity (Wildman–Crippen MR) is 72.7 cm³/mol. The Labute approximate surface area is 120 Å². The van der Waals surface area contributed by atoms with Crippen molar-refractivity contribution in [2.45, 2.75) is 26.4 Å². The van der Waals surface area contributed by atoms with E-state index in [-0.39, 0.29) is 18.0 Å². The number of halogens is 3. The first-order chi connectivity index (χ1) is 9.84. The lowest BCUT2D eigenvalue weighted by Gasteiger charge is -2.14. The molecule has 1 N–H and O–H groups in total. The quantitative estimate of drug-likeness (QED) is 0.945. The number of aromatic nitrogens is 2. The second-order valence-corrected chi connectivity index (χ2v) is 4.71. The molecule has 0 atom stereocenters. The maximum Gasteiger partial charge on any atom is 0.417 e. The van der Waals surface area contributed by atoms with Gasteiger partial charge in [-0.2, -0.15) is 13.2 Å². The zero-order valence-electron chi connectivity index (χ0n) is 11.7. The van der Waals surface area contributed by atoms with Crippen molar-refractivity contribution in [1.29, 1.82) is 0 Å². The van der Waals surface area contributed by atoms with E-state index in [4.69, 9.17) is 5.11 Å². The number of nitrogens with zero attached hydrogens (tertiary/aromatic N) is 2. The molecule has 2 rings (SSSR count). The molecule has 6 heteroatoms. The largest absolute Gasteiger partial charge is 0.417 e. The summed E-state index contributed by atoms with van der Waals surface area (Å²) in [4.78, 5) is 8.35. The van der Waals surface area contributed by atoms with Gasteiger partial charge in [-0.05, 0) is 31.9 Å². The summed E-state index contributed by atoms with van der Waals surface area (Å²) in [6, 6.07) is 5.25. The van der Waals surface area contributed by atoms with Gasteiger partial charge in [0.15, 0.2) is 5.82 Å². The highest BCUT2D eigenvalue weighted by Gasteiger charge is 2.34. The Morgan fingerprint density at radius 1 is 1.05 bits per heavy atom. The van der Waals surface area contributed by atoms with Crippen molar-refractivity contribution in [3.8, 4) is 11.4 Å². The van der Waals surface area contributed by atoms with Gasteiger partial charge in [-0.15, -0.1) is 0 Å². The maximum absolute atomic E-state index is 13.0. The highest BCUT2D eigenvalue weighted by Crippen LogP contribution is 2.36. The summed E-state index contributed by atoms with van der Waals surface area (Å²) >= 11 is 0. The van der Waals surface area contributed by atoms with Crippen LogP contribution in [0.15, 0.2) is 24.3 Å². The molecule has 21 heavy (non-hydrogen) atoms. The Hall–Kier alpha value is -1.95. The van der Waals surface area contributed by atoms with Gasteiger partial charge in [0.05, 0.1) is 5.56 Å². The first kappa shape index (κ1) is 15.4. The molecular formula is C15H15F3N2O. The summed E-state index contributed by atoms with van der Waals surface area (Å²) in [5.74, 6) is 0.0552. The summed E-state index contributed by atoms with van der Waals surface area (Å²) < 4.78 is 39.1. The molecule has 2 aromatic rings. The fourth-order valence-electron chi connectivity index (χ4n) is 2.26. The first-order valence-electron chi connectivity index (χ1n) is 6.46. The van der Waals surface area contributed by atoms with Gasteiger partial charge in [0, 0.05) is 23.6 Å². The lowest BCUT2D eigenvalue weighted by Crippen LogP contribution is -2.10. The van der Waals surface area contributed by atoms with E-state index in [0.29, 0.717) is 17.8 Å². The number of benzene rings is 1. The Morgan fingerprint density at radius 3 is 2.14 bits per heavy atom. The van der Waals surface area contributed by atoms with Crippen LogP contribution in [0.5, 0.6) is 0 Å². The average molecular weight is 296 g/mol. The highest BCUT2D eigenvalue weighted by atomic mass is 19.4. The minimum absolute atomic E-state index is 0.0354. The van der Waals surface area contributed by atoms with Gasteiger partial charge in [0.2, 0.25) is 0 Å². The monoisotopic (exact) mass is 296 g/mol. The lowest BCUT2D eigenvalue weighted by atomic mass is 10.0. The molecule has 0 saturated heterocycles. The number of rotatable bonds is 3. The Bertz CT molecular complexity index is 631. The van der Waals surface area contributed by atoms with Crippen LogP contribution in [0.4, 0.5) is 13.2 Å². The molecule has 0 aliphatic carbocycles. The van der Waals surface area contributed by atoms with Crippen molar-refractivity contribution in [3.63, 3.8) is 0 Å².